The van der Waals surface area contributed by atoms with Crippen molar-refractivity contribution in [1.82, 2.24) is 9.88 Å². The molecule has 0 aliphatic carbocycles. The van der Waals surface area contributed by atoms with Gasteiger partial charge in [0.25, 0.3) is 0 Å². The first-order valence-corrected chi connectivity index (χ1v) is 13.4. The minimum absolute atomic E-state index is 0.0266. The Morgan fingerprint density at radius 2 is 1.56 bits per heavy atom. The van der Waals surface area contributed by atoms with Crippen LogP contribution >= 0.6 is 0 Å². The highest BCUT2D eigenvalue weighted by atomic mass is 19.4. The molecule has 0 unspecified atom stereocenters. The van der Waals surface area contributed by atoms with Gasteiger partial charge in [0, 0.05) is 61.3 Å². The van der Waals surface area contributed by atoms with Crippen LogP contribution in [-0.2, 0) is 23.6 Å². The lowest BCUT2D eigenvalue weighted by Gasteiger charge is -2.37. The Morgan fingerprint density at radius 3 is 2.24 bits per heavy atom. The van der Waals surface area contributed by atoms with Gasteiger partial charge in [0.1, 0.15) is 0 Å². The standard InChI is InChI=1S/C31H29F6N3O/c1-2-20-7-5-11-24-26(19-38-29(20)24)25(23-10-3-4-12-27(23)31(35,36)37)18-28(41)40-15-13-39(14-16-40)22-9-6-8-21(17-22)30(32,33)34/h3-12,17,19,25,38H,2,13-16,18H2,1H3/t25-/m0/s1. The van der Waals surface area contributed by atoms with Crippen molar-refractivity contribution in [3.8, 4) is 0 Å². The van der Waals surface area contributed by atoms with Crippen molar-refractivity contribution >= 4 is 22.5 Å². The first kappa shape index (κ1) is 28.6. The number of piperazine rings is 1. The van der Waals surface area contributed by atoms with Crippen LogP contribution in [0.5, 0.6) is 0 Å². The number of alkyl halides is 6. The normalized spacial score (nSPS) is 15.4. The number of carbonyl (C=O) groups excluding carboxylic acids is 1. The highest BCUT2D eigenvalue weighted by molar-refractivity contribution is 5.88. The molecular weight excluding hydrogens is 544 g/mol. The summed E-state index contributed by atoms with van der Waals surface area (Å²) >= 11 is 0. The Hall–Kier alpha value is -3.95. The molecule has 4 aromatic rings. The minimum atomic E-state index is -4.60. The van der Waals surface area contributed by atoms with Crippen LogP contribution < -0.4 is 4.90 Å². The molecule has 5 rings (SSSR count). The number of nitrogens with zero attached hydrogens (tertiary/aromatic N) is 2. The van der Waals surface area contributed by atoms with E-state index in [1.54, 1.807) is 28.1 Å². The molecule has 1 fully saturated rings. The van der Waals surface area contributed by atoms with Crippen LogP contribution in [0.2, 0.25) is 0 Å². The van der Waals surface area contributed by atoms with E-state index in [2.05, 4.69) is 4.98 Å². The van der Waals surface area contributed by atoms with Crippen molar-refractivity contribution in [2.24, 2.45) is 0 Å². The van der Waals surface area contributed by atoms with Crippen molar-refractivity contribution in [3.05, 3.63) is 101 Å². The van der Waals surface area contributed by atoms with Crippen molar-refractivity contribution < 1.29 is 31.1 Å². The predicted octanol–water partition coefficient (Wildman–Crippen LogP) is 7.64. The van der Waals surface area contributed by atoms with Gasteiger partial charge in [0.2, 0.25) is 5.91 Å². The maximum Gasteiger partial charge on any atom is 0.416 e. The smallest absolute Gasteiger partial charge is 0.368 e. The molecule has 0 radical (unpaired) electrons. The number of anilines is 1. The second-order valence-electron chi connectivity index (χ2n) is 10.2. The number of halogens is 6. The summed E-state index contributed by atoms with van der Waals surface area (Å²) < 4.78 is 81.8. The number of nitrogens with one attached hydrogen (secondary N) is 1. The Morgan fingerprint density at radius 1 is 0.854 bits per heavy atom. The summed E-state index contributed by atoms with van der Waals surface area (Å²) in [6.45, 7) is 3.11. The number of fused-ring (bicyclic) bond motifs is 1. The fourth-order valence-electron chi connectivity index (χ4n) is 5.66. The average molecular weight is 574 g/mol. The molecule has 1 atom stereocenters. The Kier molecular flexibility index (Phi) is 7.76. The molecule has 216 valence electrons. The van der Waals surface area contributed by atoms with E-state index in [-0.39, 0.29) is 31.0 Å². The number of benzene rings is 3. The zero-order valence-corrected chi connectivity index (χ0v) is 22.3. The number of para-hydroxylation sites is 1. The third-order valence-corrected chi connectivity index (χ3v) is 7.78. The monoisotopic (exact) mass is 573 g/mol. The fraction of sp³-hybridized carbons (Fsp3) is 0.323. The molecule has 1 N–H and O–H groups in total. The third-order valence-electron chi connectivity index (χ3n) is 7.78. The van der Waals surface area contributed by atoms with Gasteiger partial charge in [-0.2, -0.15) is 26.3 Å². The highest BCUT2D eigenvalue weighted by Crippen LogP contribution is 2.41. The quantitative estimate of drug-likeness (QED) is 0.241. The van der Waals surface area contributed by atoms with E-state index < -0.39 is 29.4 Å². The van der Waals surface area contributed by atoms with Crippen LogP contribution in [0.4, 0.5) is 32.0 Å². The number of aromatic amines is 1. The van der Waals surface area contributed by atoms with Crippen LogP contribution in [0.15, 0.2) is 72.9 Å². The van der Waals surface area contributed by atoms with E-state index in [0.717, 1.165) is 41.1 Å². The molecule has 1 amide bonds. The average Bonchev–Trinajstić information content (AvgIpc) is 3.39. The lowest BCUT2D eigenvalue weighted by molar-refractivity contribution is -0.139. The van der Waals surface area contributed by atoms with Crippen molar-refractivity contribution in [3.63, 3.8) is 0 Å². The number of H-pyrrole nitrogens is 1. The Labute approximate surface area is 233 Å². The minimum Gasteiger partial charge on any atom is -0.368 e. The summed E-state index contributed by atoms with van der Waals surface area (Å²) in [6, 6.07) is 16.0. The lowest BCUT2D eigenvalue weighted by atomic mass is 9.84. The van der Waals surface area contributed by atoms with Gasteiger partial charge < -0.3 is 14.8 Å². The molecule has 0 bridgehead atoms. The molecule has 1 aliphatic rings. The number of aryl methyl sites for hydroxylation is 1. The molecule has 1 saturated heterocycles. The summed E-state index contributed by atoms with van der Waals surface area (Å²) in [6.07, 6.45) is -6.82. The van der Waals surface area contributed by atoms with Gasteiger partial charge >= 0.3 is 12.4 Å². The van der Waals surface area contributed by atoms with E-state index in [0.29, 0.717) is 24.3 Å². The van der Waals surface area contributed by atoms with Crippen molar-refractivity contribution in [2.75, 3.05) is 31.1 Å². The predicted molar refractivity (Wildman–Crippen MR) is 146 cm³/mol. The number of carbonyl (C=O) groups is 1. The van der Waals surface area contributed by atoms with Crippen LogP contribution in [0.25, 0.3) is 10.9 Å². The van der Waals surface area contributed by atoms with Gasteiger partial charge in [-0.3, -0.25) is 4.79 Å². The second kappa shape index (κ2) is 11.1. The first-order valence-electron chi connectivity index (χ1n) is 13.4. The van der Waals surface area contributed by atoms with Crippen LogP contribution in [-0.4, -0.2) is 42.0 Å². The largest absolute Gasteiger partial charge is 0.416 e. The molecule has 0 spiro atoms. The molecule has 41 heavy (non-hydrogen) atoms. The molecular formula is C31H29F6N3O. The fourth-order valence-corrected chi connectivity index (χ4v) is 5.66. The van der Waals surface area contributed by atoms with E-state index in [4.69, 9.17) is 0 Å². The summed E-state index contributed by atoms with van der Waals surface area (Å²) in [4.78, 5) is 20.2. The van der Waals surface area contributed by atoms with Crippen LogP contribution in [0.1, 0.15) is 47.1 Å². The van der Waals surface area contributed by atoms with Gasteiger partial charge in [0.15, 0.2) is 0 Å². The first-order chi connectivity index (χ1) is 19.5. The maximum atomic E-state index is 14.1. The maximum absolute atomic E-state index is 14.1. The van der Waals surface area contributed by atoms with Gasteiger partial charge in [0.05, 0.1) is 11.1 Å². The summed E-state index contributed by atoms with van der Waals surface area (Å²) in [5.41, 5.74) is 1.38. The van der Waals surface area contributed by atoms with Crippen molar-refractivity contribution in [1.29, 1.82) is 0 Å². The molecule has 10 heteroatoms. The molecule has 2 heterocycles. The topological polar surface area (TPSA) is 39.3 Å². The van der Waals surface area contributed by atoms with Gasteiger partial charge in [-0.1, -0.05) is 49.4 Å². The van der Waals surface area contributed by atoms with Crippen LogP contribution in [0.3, 0.4) is 0 Å². The van der Waals surface area contributed by atoms with Gasteiger partial charge in [-0.05, 0) is 47.4 Å². The van der Waals surface area contributed by atoms with Crippen LogP contribution in [0, 0.1) is 0 Å². The zero-order chi connectivity index (χ0) is 29.4. The number of amides is 1. The Bertz CT molecular complexity index is 1530. The molecule has 0 saturated carbocycles. The van der Waals surface area contributed by atoms with E-state index in [1.807, 2.05) is 25.1 Å². The number of rotatable bonds is 6. The molecule has 4 nitrogen and oxygen atoms in total. The van der Waals surface area contributed by atoms with Gasteiger partial charge in [-0.25, -0.2) is 0 Å². The number of hydrogen-bond donors (Lipinski definition) is 1. The van der Waals surface area contributed by atoms with Crippen molar-refractivity contribution in [2.45, 2.75) is 38.0 Å². The number of aromatic nitrogens is 1. The number of hydrogen-bond acceptors (Lipinski definition) is 2. The van der Waals surface area contributed by atoms with Gasteiger partial charge in [-0.15, -0.1) is 0 Å². The summed E-state index contributed by atoms with van der Waals surface area (Å²) in [5, 5.41) is 0.772. The SMILES string of the molecule is CCc1cccc2c([C@@H](CC(=O)N3CCN(c4cccc(C(F)(F)F)c4)CC3)c3ccccc3C(F)(F)F)c[nH]c12. The molecule has 1 aliphatic heterocycles. The second-order valence-corrected chi connectivity index (χ2v) is 10.2. The molecule has 1 aromatic heterocycles. The lowest BCUT2D eigenvalue weighted by Crippen LogP contribution is -2.49. The third kappa shape index (κ3) is 5.92. The van der Waals surface area contributed by atoms with E-state index in [9.17, 15) is 31.1 Å². The summed E-state index contributed by atoms with van der Waals surface area (Å²) in [7, 11) is 0. The van der Waals surface area contributed by atoms with E-state index >= 15 is 0 Å². The highest BCUT2D eigenvalue weighted by Gasteiger charge is 2.37. The van der Waals surface area contributed by atoms with E-state index in [1.165, 1.54) is 18.2 Å². The zero-order valence-electron chi connectivity index (χ0n) is 22.3. The molecule has 3 aromatic carbocycles. The summed E-state index contributed by atoms with van der Waals surface area (Å²) in [5.74, 6) is -1.17. The Balaban J connectivity index is 1.42.